The second-order valence-corrected chi connectivity index (χ2v) is 5.20. The monoisotopic (exact) mass is 273 g/mol. The van der Waals surface area contributed by atoms with E-state index >= 15 is 0 Å². The van der Waals surface area contributed by atoms with Crippen LogP contribution in [0, 0.1) is 0 Å². The Morgan fingerprint density at radius 1 is 1.55 bits per heavy atom. The SMILES string of the molecule is CC(C(=O)NCC1CCCO1)n1cnc2ccccc21. The van der Waals surface area contributed by atoms with E-state index < -0.39 is 0 Å². The molecule has 1 aromatic heterocycles. The smallest absolute Gasteiger partial charge is 0.242 e. The molecule has 5 nitrogen and oxygen atoms in total. The molecule has 1 aliphatic rings. The number of amides is 1. The molecule has 1 aromatic carbocycles. The van der Waals surface area contributed by atoms with Gasteiger partial charge < -0.3 is 14.6 Å². The Balaban J connectivity index is 1.68. The minimum atomic E-state index is -0.274. The normalized spacial score (nSPS) is 20.1. The maximum atomic E-state index is 12.2. The predicted molar refractivity (Wildman–Crippen MR) is 76.4 cm³/mol. The summed E-state index contributed by atoms with van der Waals surface area (Å²) in [6, 6.07) is 7.55. The second-order valence-electron chi connectivity index (χ2n) is 5.20. The van der Waals surface area contributed by atoms with E-state index in [1.807, 2.05) is 35.8 Å². The molecule has 2 heterocycles. The molecule has 2 atom stereocenters. The lowest BCUT2D eigenvalue weighted by Crippen LogP contribution is -2.36. The quantitative estimate of drug-likeness (QED) is 0.925. The molecule has 106 valence electrons. The van der Waals surface area contributed by atoms with Crippen molar-refractivity contribution in [1.29, 1.82) is 0 Å². The van der Waals surface area contributed by atoms with Crippen LogP contribution in [-0.4, -0.2) is 34.7 Å². The van der Waals surface area contributed by atoms with Gasteiger partial charge in [0.05, 0.1) is 23.5 Å². The van der Waals surface area contributed by atoms with Crippen LogP contribution >= 0.6 is 0 Å². The van der Waals surface area contributed by atoms with E-state index in [2.05, 4.69) is 10.3 Å². The highest BCUT2D eigenvalue weighted by molar-refractivity contribution is 5.83. The number of nitrogens with one attached hydrogen (secondary N) is 1. The van der Waals surface area contributed by atoms with Gasteiger partial charge in [-0.1, -0.05) is 12.1 Å². The maximum absolute atomic E-state index is 12.2. The van der Waals surface area contributed by atoms with Crippen LogP contribution in [0.25, 0.3) is 11.0 Å². The summed E-state index contributed by atoms with van der Waals surface area (Å²) in [6.45, 7) is 3.29. The van der Waals surface area contributed by atoms with Crippen LogP contribution in [0.5, 0.6) is 0 Å². The molecular weight excluding hydrogens is 254 g/mol. The first-order valence-corrected chi connectivity index (χ1v) is 7.06. The highest BCUT2D eigenvalue weighted by Crippen LogP contribution is 2.17. The number of para-hydroxylation sites is 2. The minimum Gasteiger partial charge on any atom is -0.376 e. The third-order valence-electron chi connectivity index (χ3n) is 3.81. The Bertz CT molecular complexity index is 602. The minimum absolute atomic E-state index is 0.00338. The van der Waals surface area contributed by atoms with E-state index in [9.17, 15) is 4.79 Å². The van der Waals surface area contributed by atoms with Gasteiger partial charge >= 0.3 is 0 Å². The van der Waals surface area contributed by atoms with E-state index in [4.69, 9.17) is 4.74 Å². The number of hydrogen-bond acceptors (Lipinski definition) is 3. The molecule has 0 radical (unpaired) electrons. The van der Waals surface area contributed by atoms with Gasteiger partial charge in [0.25, 0.3) is 0 Å². The summed E-state index contributed by atoms with van der Waals surface area (Å²) in [6.07, 6.45) is 4.01. The Morgan fingerprint density at radius 3 is 3.20 bits per heavy atom. The zero-order chi connectivity index (χ0) is 13.9. The molecule has 2 aromatic rings. The number of rotatable bonds is 4. The van der Waals surface area contributed by atoms with E-state index in [0.717, 1.165) is 30.5 Å². The molecule has 1 N–H and O–H groups in total. The summed E-state index contributed by atoms with van der Waals surface area (Å²) < 4.78 is 7.41. The third-order valence-corrected chi connectivity index (χ3v) is 3.81. The summed E-state index contributed by atoms with van der Waals surface area (Å²) in [5.41, 5.74) is 1.89. The maximum Gasteiger partial charge on any atom is 0.242 e. The van der Waals surface area contributed by atoms with E-state index in [0.29, 0.717) is 6.54 Å². The Labute approximate surface area is 117 Å². The molecule has 0 aliphatic carbocycles. The van der Waals surface area contributed by atoms with Gasteiger partial charge in [0.15, 0.2) is 0 Å². The van der Waals surface area contributed by atoms with Gasteiger partial charge in [0, 0.05) is 13.2 Å². The molecule has 0 saturated carbocycles. The fraction of sp³-hybridized carbons (Fsp3) is 0.467. The van der Waals surface area contributed by atoms with E-state index in [1.165, 1.54) is 0 Å². The van der Waals surface area contributed by atoms with Crippen molar-refractivity contribution >= 4 is 16.9 Å². The van der Waals surface area contributed by atoms with Crippen molar-refractivity contribution in [3.05, 3.63) is 30.6 Å². The van der Waals surface area contributed by atoms with Gasteiger partial charge in [-0.25, -0.2) is 4.98 Å². The lowest BCUT2D eigenvalue weighted by atomic mass is 10.2. The van der Waals surface area contributed by atoms with Crippen molar-refractivity contribution in [3.63, 3.8) is 0 Å². The fourth-order valence-electron chi connectivity index (χ4n) is 2.58. The van der Waals surface area contributed by atoms with Crippen molar-refractivity contribution in [3.8, 4) is 0 Å². The standard InChI is InChI=1S/C15H19N3O2/c1-11(15(19)16-9-12-5-4-8-20-12)18-10-17-13-6-2-3-7-14(13)18/h2-3,6-7,10-12H,4-5,8-9H2,1H3,(H,16,19). The number of carbonyl (C=O) groups is 1. The van der Waals surface area contributed by atoms with Gasteiger partial charge in [0.1, 0.15) is 6.04 Å². The van der Waals surface area contributed by atoms with Crippen LogP contribution in [0.15, 0.2) is 30.6 Å². The average molecular weight is 273 g/mol. The largest absolute Gasteiger partial charge is 0.376 e. The van der Waals surface area contributed by atoms with Crippen molar-refractivity contribution in [1.82, 2.24) is 14.9 Å². The average Bonchev–Trinajstić information content (AvgIpc) is 3.13. The summed E-state index contributed by atoms with van der Waals surface area (Å²) in [7, 11) is 0. The molecule has 2 unspecified atom stereocenters. The second kappa shape index (κ2) is 5.63. The van der Waals surface area contributed by atoms with Gasteiger partial charge in [-0.3, -0.25) is 4.79 Å². The fourth-order valence-corrected chi connectivity index (χ4v) is 2.58. The van der Waals surface area contributed by atoms with Crippen LogP contribution in [0.1, 0.15) is 25.8 Å². The Morgan fingerprint density at radius 2 is 2.40 bits per heavy atom. The number of aromatic nitrogens is 2. The van der Waals surface area contributed by atoms with Crippen LogP contribution in [0.4, 0.5) is 0 Å². The van der Waals surface area contributed by atoms with Crippen molar-refractivity contribution in [2.24, 2.45) is 0 Å². The zero-order valence-corrected chi connectivity index (χ0v) is 11.6. The number of imidazole rings is 1. The number of ether oxygens (including phenoxy) is 1. The molecule has 5 heteroatoms. The molecule has 1 fully saturated rings. The molecule has 3 rings (SSSR count). The number of fused-ring (bicyclic) bond motifs is 1. The van der Waals surface area contributed by atoms with Gasteiger partial charge in [-0.15, -0.1) is 0 Å². The molecule has 1 amide bonds. The van der Waals surface area contributed by atoms with Crippen molar-refractivity contribution < 1.29 is 9.53 Å². The summed E-state index contributed by atoms with van der Waals surface area (Å²) in [4.78, 5) is 16.5. The van der Waals surface area contributed by atoms with Crippen LogP contribution < -0.4 is 5.32 Å². The molecule has 0 spiro atoms. The topological polar surface area (TPSA) is 56.1 Å². The predicted octanol–water partition coefficient (Wildman–Crippen LogP) is 1.89. The Hall–Kier alpha value is -1.88. The highest BCUT2D eigenvalue weighted by Gasteiger charge is 2.20. The van der Waals surface area contributed by atoms with Crippen LogP contribution in [0.3, 0.4) is 0 Å². The molecule has 1 saturated heterocycles. The number of carbonyl (C=O) groups excluding carboxylic acids is 1. The third kappa shape index (κ3) is 2.54. The highest BCUT2D eigenvalue weighted by atomic mass is 16.5. The number of hydrogen-bond donors (Lipinski definition) is 1. The number of nitrogens with zero attached hydrogens (tertiary/aromatic N) is 2. The summed E-state index contributed by atoms with van der Waals surface area (Å²) >= 11 is 0. The van der Waals surface area contributed by atoms with Crippen molar-refractivity contribution in [2.45, 2.75) is 31.9 Å². The van der Waals surface area contributed by atoms with Gasteiger partial charge in [-0.2, -0.15) is 0 Å². The number of benzene rings is 1. The van der Waals surface area contributed by atoms with Crippen LogP contribution in [-0.2, 0) is 9.53 Å². The van der Waals surface area contributed by atoms with Gasteiger partial charge in [0.2, 0.25) is 5.91 Å². The molecule has 1 aliphatic heterocycles. The Kier molecular flexibility index (Phi) is 3.69. The summed E-state index contributed by atoms with van der Waals surface area (Å²) in [5, 5.41) is 2.96. The van der Waals surface area contributed by atoms with Crippen LogP contribution in [0.2, 0.25) is 0 Å². The van der Waals surface area contributed by atoms with E-state index in [-0.39, 0.29) is 18.1 Å². The first-order chi connectivity index (χ1) is 9.75. The lowest BCUT2D eigenvalue weighted by Gasteiger charge is -2.16. The lowest BCUT2D eigenvalue weighted by molar-refractivity contribution is -0.124. The van der Waals surface area contributed by atoms with E-state index in [1.54, 1.807) is 6.33 Å². The summed E-state index contributed by atoms with van der Waals surface area (Å²) in [5.74, 6) is 0.00338. The van der Waals surface area contributed by atoms with Crippen molar-refractivity contribution in [2.75, 3.05) is 13.2 Å². The molecule has 0 bridgehead atoms. The first kappa shape index (κ1) is 13.1. The molecular formula is C15H19N3O2. The molecule has 20 heavy (non-hydrogen) atoms. The first-order valence-electron chi connectivity index (χ1n) is 7.06. The van der Waals surface area contributed by atoms with Gasteiger partial charge in [-0.05, 0) is 31.9 Å². The zero-order valence-electron chi connectivity index (χ0n) is 11.6.